The zero-order valence-electron chi connectivity index (χ0n) is 8.33. The van der Waals surface area contributed by atoms with Crippen molar-refractivity contribution in [2.75, 3.05) is 12.1 Å². The highest BCUT2D eigenvalue weighted by Crippen LogP contribution is 2.13. The lowest BCUT2D eigenvalue weighted by Crippen LogP contribution is -2.24. The average molecular weight is 198 g/mol. The highest BCUT2D eigenvalue weighted by molar-refractivity contribution is 5.44. The summed E-state index contributed by atoms with van der Waals surface area (Å²) in [5, 5.41) is 10.8. The molecule has 0 saturated carbocycles. The Morgan fingerprint density at radius 2 is 2.07 bits per heavy atom. The van der Waals surface area contributed by atoms with Crippen molar-refractivity contribution in [1.29, 1.82) is 5.26 Å². The third kappa shape index (κ3) is 1.67. The number of nitriles is 1. The Labute approximate surface area is 88.0 Å². The summed E-state index contributed by atoms with van der Waals surface area (Å²) in [6.07, 6.45) is 5.29. The lowest BCUT2D eigenvalue weighted by molar-refractivity contribution is 0.768. The molecule has 0 aliphatic rings. The Kier molecular flexibility index (Phi) is 2.38. The van der Waals surface area contributed by atoms with E-state index in [1.54, 1.807) is 23.1 Å². The first-order chi connectivity index (χ1) is 7.33. The van der Waals surface area contributed by atoms with E-state index in [2.05, 4.69) is 11.1 Å². The highest BCUT2D eigenvalue weighted by Gasteiger charge is 2.05. The van der Waals surface area contributed by atoms with Crippen LogP contribution in [0.1, 0.15) is 5.69 Å². The summed E-state index contributed by atoms with van der Waals surface area (Å²) in [5.41, 5.74) is 1.59. The molecule has 15 heavy (non-hydrogen) atoms. The van der Waals surface area contributed by atoms with Crippen LogP contribution in [-0.2, 0) is 0 Å². The number of aromatic nitrogens is 2. The van der Waals surface area contributed by atoms with Crippen LogP contribution in [0.5, 0.6) is 0 Å². The third-order valence-corrected chi connectivity index (χ3v) is 2.20. The van der Waals surface area contributed by atoms with Gasteiger partial charge in [-0.25, -0.2) is 0 Å². The van der Waals surface area contributed by atoms with Crippen molar-refractivity contribution in [3.05, 3.63) is 48.5 Å². The van der Waals surface area contributed by atoms with Crippen molar-refractivity contribution in [2.45, 2.75) is 0 Å². The number of nitrogens with zero attached hydrogens (tertiary/aromatic N) is 4. The quantitative estimate of drug-likeness (QED) is 0.737. The summed E-state index contributed by atoms with van der Waals surface area (Å²) < 4.78 is 1.79. The first-order valence-corrected chi connectivity index (χ1v) is 4.54. The van der Waals surface area contributed by atoms with Gasteiger partial charge in [0.05, 0.1) is 5.69 Å². The summed E-state index contributed by atoms with van der Waals surface area (Å²) >= 11 is 0. The van der Waals surface area contributed by atoms with E-state index in [9.17, 15) is 0 Å². The average Bonchev–Trinajstić information content (AvgIpc) is 2.77. The van der Waals surface area contributed by atoms with Crippen molar-refractivity contribution in [3.63, 3.8) is 0 Å². The maximum atomic E-state index is 8.89. The maximum absolute atomic E-state index is 8.89. The lowest BCUT2D eigenvalue weighted by Gasteiger charge is -2.21. The van der Waals surface area contributed by atoms with Gasteiger partial charge in [0.15, 0.2) is 0 Å². The van der Waals surface area contributed by atoms with Gasteiger partial charge >= 0.3 is 0 Å². The van der Waals surface area contributed by atoms with E-state index in [1.807, 2.05) is 36.5 Å². The first kappa shape index (κ1) is 9.28. The van der Waals surface area contributed by atoms with Crippen molar-refractivity contribution in [1.82, 2.24) is 9.66 Å². The lowest BCUT2D eigenvalue weighted by atomic mass is 10.4. The number of anilines is 1. The molecule has 2 rings (SSSR count). The number of hydrogen-bond acceptors (Lipinski definition) is 3. The zero-order valence-corrected chi connectivity index (χ0v) is 8.33. The van der Waals surface area contributed by atoms with Crippen LogP contribution in [0, 0.1) is 11.3 Å². The maximum Gasteiger partial charge on any atom is 0.140 e. The molecular formula is C11H10N4. The molecular weight excluding hydrogens is 188 g/mol. The predicted molar refractivity (Wildman–Crippen MR) is 57.2 cm³/mol. The van der Waals surface area contributed by atoms with Gasteiger partial charge in [-0.05, 0) is 24.3 Å². The molecule has 4 heteroatoms. The van der Waals surface area contributed by atoms with E-state index in [4.69, 9.17) is 5.26 Å². The number of rotatable bonds is 2. The van der Waals surface area contributed by atoms with Crippen LogP contribution in [0.15, 0.2) is 42.9 Å². The number of pyridine rings is 1. The van der Waals surface area contributed by atoms with Crippen LogP contribution >= 0.6 is 0 Å². The van der Waals surface area contributed by atoms with Crippen molar-refractivity contribution in [3.8, 4) is 6.07 Å². The highest BCUT2D eigenvalue weighted by atomic mass is 15.5. The van der Waals surface area contributed by atoms with Crippen LogP contribution < -0.4 is 5.01 Å². The van der Waals surface area contributed by atoms with Crippen LogP contribution in [0.3, 0.4) is 0 Å². The molecule has 0 aromatic carbocycles. The predicted octanol–water partition coefficient (Wildman–Crippen LogP) is 1.65. The second kappa shape index (κ2) is 3.84. The van der Waals surface area contributed by atoms with E-state index in [0.717, 1.165) is 5.69 Å². The molecule has 4 nitrogen and oxygen atoms in total. The van der Waals surface area contributed by atoms with Gasteiger partial charge in [-0.2, -0.15) is 5.26 Å². The molecule has 0 atom stereocenters. The minimum atomic E-state index is 0.606. The summed E-state index contributed by atoms with van der Waals surface area (Å²) in [5.74, 6) is 0. The largest absolute Gasteiger partial charge is 0.284 e. The van der Waals surface area contributed by atoms with Gasteiger partial charge in [-0.15, -0.1) is 0 Å². The van der Waals surface area contributed by atoms with Crippen LogP contribution in [0.25, 0.3) is 0 Å². The molecule has 0 bridgehead atoms. The second-order valence-electron chi connectivity index (χ2n) is 3.08. The molecule has 2 aromatic heterocycles. The molecule has 2 aromatic rings. The van der Waals surface area contributed by atoms with E-state index in [0.29, 0.717) is 5.69 Å². The molecule has 0 radical (unpaired) electrons. The zero-order chi connectivity index (χ0) is 10.7. The standard InChI is InChI=1S/C11H10N4/c1-14(10-4-6-13-7-5-10)15-8-2-3-11(15)9-12/h2-8H,1H3. The van der Waals surface area contributed by atoms with Gasteiger partial charge in [0.2, 0.25) is 0 Å². The van der Waals surface area contributed by atoms with Gasteiger partial charge < -0.3 is 0 Å². The topological polar surface area (TPSA) is 44.9 Å². The fourth-order valence-electron chi connectivity index (χ4n) is 1.41. The number of hydrogen-bond donors (Lipinski definition) is 0. The molecule has 74 valence electrons. The van der Waals surface area contributed by atoms with Crippen molar-refractivity contribution >= 4 is 5.69 Å². The smallest absolute Gasteiger partial charge is 0.140 e. The molecule has 0 unspecified atom stereocenters. The monoisotopic (exact) mass is 198 g/mol. The Morgan fingerprint density at radius 3 is 2.73 bits per heavy atom. The summed E-state index contributed by atoms with van der Waals surface area (Å²) in [7, 11) is 1.90. The normalized spacial score (nSPS) is 9.60. The SMILES string of the molecule is CN(c1ccncc1)n1cccc1C#N. The fraction of sp³-hybridized carbons (Fsp3) is 0.0909. The van der Waals surface area contributed by atoms with Gasteiger partial charge in [0, 0.05) is 25.6 Å². The van der Waals surface area contributed by atoms with Crippen molar-refractivity contribution < 1.29 is 0 Å². The molecule has 0 aliphatic carbocycles. The molecule has 0 saturated heterocycles. The Bertz CT molecular complexity index is 481. The molecule has 2 heterocycles. The van der Waals surface area contributed by atoms with Crippen LogP contribution in [-0.4, -0.2) is 16.7 Å². The summed E-state index contributed by atoms with van der Waals surface area (Å²) in [6, 6.07) is 9.53. The minimum absolute atomic E-state index is 0.606. The van der Waals surface area contributed by atoms with Crippen LogP contribution in [0.2, 0.25) is 0 Å². The molecule has 0 amide bonds. The van der Waals surface area contributed by atoms with Crippen molar-refractivity contribution in [2.24, 2.45) is 0 Å². The van der Waals surface area contributed by atoms with Gasteiger partial charge in [0.25, 0.3) is 0 Å². The Hall–Kier alpha value is -2.28. The van der Waals surface area contributed by atoms with E-state index < -0.39 is 0 Å². The Balaban J connectivity index is 2.38. The Morgan fingerprint density at radius 1 is 1.33 bits per heavy atom. The molecule has 0 spiro atoms. The third-order valence-electron chi connectivity index (χ3n) is 2.20. The fourth-order valence-corrected chi connectivity index (χ4v) is 1.41. The van der Waals surface area contributed by atoms with Gasteiger partial charge in [-0.1, -0.05) is 0 Å². The van der Waals surface area contributed by atoms with E-state index in [1.165, 1.54) is 0 Å². The molecule has 0 fully saturated rings. The summed E-state index contributed by atoms with van der Waals surface area (Å²) in [4.78, 5) is 3.95. The summed E-state index contributed by atoms with van der Waals surface area (Å²) in [6.45, 7) is 0. The van der Waals surface area contributed by atoms with Gasteiger partial charge in [0.1, 0.15) is 11.8 Å². The second-order valence-corrected chi connectivity index (χ2v) is 3.08. The van der Waals surface area contributed by atoms with Gasteiger partial charge in [-0.3, -0.25) is 14.7 Å². The van der Waals surface area contributed by atoms with E-state index in [-0.39, 0.29) is 0 Å². The minimum Gasteiger partial charge on any atom is -0.284 e. The first-order valence-electron chi connectivity index (χ1n) is 4.54. The van der Waals surface area contributed by atoms with E-state index >= 15 is 0 Å². The molecule has 0 N–H and O–H groups in total. The molecule has 0 aliphatic heterocycles. The van der Waals surface area contributed by atoms with Crippen LogP contribution in [0.4, 0.5) is 5.69 Å².